The van der Waals surface area contributed by atoms with Crippen LogP contribution in [0.5, 0.6) is 0 Å². The molecule has 2 rings (SSSR count). The number of aromatic nitrogens is 1. The second-order valence-electron chi connectivity index (χ2n) is 5.69. The van der Waals surface area contributed by atoms with Gasteiger partial charge in [-0.05, 0) is 26.2 Å². The Morgan fingerprint density at radius 3 is 2.50 bits per heavy atom. The van der Waals surface area contributed by atoms with E-state index in [1.165, 1.54) is 19.6 Å². The molecule has 5 nitrogen and oxygen atoms in total. The van der Waals surface area contributed by atoms with E-state index in [9.17, 15) is 0 Å². The molecule has 0 aliphatic carbocycles. The average molecular weight is 277 g/mol. The number of pyridine rings is 1. The highest BCUT2D eigenvalue weighted by molar-refractivity contribution is 5.34. The van der Waals surface area contributed by atoms with Gasteiger partial charge >= 0.3 is 0 Å². The molecule has 0 aromatic carbocycles. The molecule has 0 saturated carbocycles. The number of anilines is 1. The zero-order valence-corrected chi connectivity index (χ0v) is 13.0. The number of hydrogen-bond acceptors (Lipinski definition) is 5. The summed E-state index contributed by atoms with van der Waals surface area (Å²) in [7, 11) is 6.18. The van der Waals surface area contributed by atoms with Gasteiger partial charge in [-0.25, -0.2) is 4.98 Å². The summed E-state index contributed by atoms with van der Waals surface area (Å²) in [5.41, 5.74) is 1.15. The molecule has 1 aromatic heterocycles. The van der Waals surface area contributed by atoms with Crippen LogP contribution >= 0.6 is 0 Å². The zero-order valence-electron chi connectivity index (χ0n) is 13.0. The lowest BCUT2D eigenvalue weighted by atomic mass is 10.2. The average Bonchev–Trinajstić information content (AvgIpc) is 2.47. The van der Waals surface area contributed by atoms with Gasteiger partial charge in [0.1, 0.15) is 5.82 Å². The van der Waals surface area contributed by atoms with E-state index in [-0.39, 0.29) is 0 Å². The van der Waals surface area contributed by atoms with Crippen LogP contribution in [0.3, 0.4) is 0 Å². The molecular weight excluding hydrogens is 250 g/mol. The van der Waals surface area contributed by atoms with E-state index in [1.54, 1.807) is 0 Å². The maximum absolute atomic E-state index is 4.59. The first-order chi connectivity index (χ1) is 9.67. The third-order valence-corrected chi connectivity index (χ3v) is 3.78. The first-order valence-corrected chi connectivity index (χ1v) is 7.40. The van der Waals surface area contributed by atoms with E-state index < -0.39 is 0 Å². The predicted molar refractivity (Wildman–Crippen MR) is 84.1 cm³/mol. The molecule has 1 N–H and O–H groups in total. The van der Waals surface area contributed by atoms with Crippen LogP contribution in [-0.2, 0) is 6.54 Å². The second-order valence-corrected chi connectivity index (χ2v) is 5.69. The van der Waals surface area contributed by atoms with E-state index >= 15 is 0 Å². The molecule has 1 aromatic rings. The van der Waals surface area contributed by atoms with Crippen LogP contribution in [0.2, 0.25) is 0 Å². The zero-order chi connectivity index (χ0) is 14.4. The Labute approximate surface area is 122 Å². The highest BCUT2D eigenvalue weighted by atomic mass is 15.3. The Bertz CT molecular complexity index is 399. The number of hydrogen-bond donors (Lipinski definition) is 1. The topological polar surface area (TPSA) is 34.6 Å². The summed E-state index contributed by atoms with van der Waals surface area (Å²) in [6.45, 7) is 7.88. The SMILES string of the molecule is CNc1cccc(CN2CCN(CCN(C)C)CC2)n1. The molecule has 0 spiro atoms. The van der Waals surface area contributed by atoms with E-state index in [4.69, 9.17) is 0 Å². The second kappa shape index (κ2) is 7.57. The summed E-state index contributed by atoms with van der Waals surface area (Å²) in [5, 5.41) is 3.10. The van der Waals surface area contributed by atoms with Gasteiger partial charge in [0.25, 0.3) is 0 Å². The van der Waals surface area contributed by atoms with E-state index in [1.807, 2.05) is 13.1 Å². The highest BCUT2D eigenvalue weighted by Crippen LogP contribution is 2.09. The molecule has 1 aliphatic rings. The van der Waals surface area contributed by atoms with Crippen LogP contribution in [-0.4, -0.2) is 80.1 Å². The van der Waals surface area contributed by atoms with Gasteiger partial charge in [-0.1, -0.05) is 6.07 Å². The summed E-state index contributed by atoms with van der Waals surface area (Å²) in [5.74, 6) is 0.951. The third-order valence-electron chi connectivity index (χ3n) is 3.78. The van der Waals surface area contributed by atoms with Gasteiger partial charge in [0.2, 0.25) is 0 Å². The van der Waals surface area contributed by atoms with Gasteiger partial charge in [0.15, 0.2) is 0 Å². The summed E-state index contributed by atoms with van der Waals surface area (Å²) in [4.78, 5) is 11.9. The highest BCUT2D eigenvalue weighted by Gasteiger charge is 2.17. The lowest BCUT2D eigenvalue weighted by Crippen LogP contribution is -2.47. The molecule has 1 aliphatic heterocycles. The van der Waals surface area contributed by atoms with Gasteiger partial charge in [-0.2, -0.15) is 0 Å². The van der Waals surface area contributed by atoms with Crippen molar-refractivity contribution < 1.29 is 0 Å². The molecule has 0 atom stereocenters. The molecule has 2 heterocycles. The van der Waals surface area contributed by atoms with E-state index in [2.05, 4.69) is 51.2 Å². The number of likely N-dealkylation sites (N-methyl/N-ethyl adjacent to an activating group) is 1. The van der Waals surface area contributed by atoms with Gasteiger partial charge in [0.05, 0.1) is 5.69 Å². The van der Waals surface area contributed by atoms with Gasteiger partial charge in [-0.15, -0.1) is 0 Å². The van der Waals surface area contributed by atoms with E-state index in [0.29, 0.717) is 0 Å². The lowest BCUT2D eigenvalue weighted by Gasteiger charge is -2.35. The van der Waals surface area contributed by atoms with Crippen molar-refractivity contribution in [3.8, 4) is 0 Å². The van der Waals surface area contributed by atoms with Crippen molar-refractivity contribution in [3.05, 3.63) is 23.9 Å². The van der Waals surface area contributed by atoms with E-state index in [0.717, 1.165) is 37.7 Å². The van der Waals surface area contributed by atoms with Crippen molar-refractivity contribution in [2.45, 2.75) is 6.54 Å². The molecule has 1 fully saturated rings. The molecule has 0 bridgehead atoms. The minimum Gasteiger partial charge on any atom is -0.373 e. The van der Waals surface area contributed by atoms with Crippen molar-refractivity contribution in [3.63, 3.8) is 0 Å². The molecular formula is C15H27N5. The van der Waals surface area contributed by atoms with Crippen molar-refractivity contribution in [1.29, 1.82) is 0 Å². The third kappa shape index (κ3) is 4.74. The smallest absolute Gasteiger partial charge is 0.126 e. The fourth-order valence-electron chi connectivity index (χ4n) is 2.45. The Kier molecular flexibility index (Phi) is 5.76. The Morgan fingerprint density at radius 2 is 1.85 bits per heavy atom. The number of nitrogens with one attached hydrogen (secondary N) is 1. The number of nitrogens with zero attached hydrogens (tertiary/aromatic N) is 4. The first kappa shape index (κ1) is 15.2. The maximum atomic E-state index is 4.59. The summed E-state index contributed by atoms with van der Waals surface area (Å²) in [6.07, 6.45) is 0. The Morgan fingerprint density at radius 1 is 1.15 bits per heavy atom. The normalized spacial score (nSPS) is 17.6. The van der Waals surface area contributed by atoms with Crippen molar-refractivity contribution in [2.24, 2.45) is 0 Å². The van der Waals surface area contributed by atoms with Crippen LogP contribution in [0.1, 0.15) is 5.69 Å². The van der Waals surface area contributed by atoms with Crippen LogP contribution < -0.4 is 5.32 Å². The monoisotopic (exact) mass is 277 g/mol. The quantitative estimate of drug-likeness (QED) is 0.832. The molecule has 0 radical (unpaired) electrons. The summed E-state index contributed by atoms with van der Waals surface area (Å²) in [6, 6.07) is 6.18. The molecule has 5 heteroatoms. The van der Waals surface area contributed by atoms with Crippen LogP contribution in [0.25, 0.3) is 0 Å². The van der Waals surface area contributed by atoms with Crippen molar-refractivity contribution in [2.75, 3.05) is 65.7 Å². The van der Waals surface area contributed by atoms with Crippen molar-refractivity contribution >= 4 is 5.82 Å². The summed E-state index contributed by atoms with van der Waals surface area (Å²) < 4.78 is 0. The number of rotatable bonds is 6. The van der Waals surface area contributed by atoms with Gasteiger partial charge < -0.3 is 10.2 Å². The molecule has 0 unspecified atom stereocenters. The standard InChI is InChI=1S/C15H27N5/c1-16-15-6-4-5-14(17-15)13-20-11-9-19(10-12-20)8-7-18(2)3/h4-6H,7-13H2,1-3H3,(H,16,17). The Hall–Kier alpha value is -1.17. The number of piperazine rings is 1. The largest absolute Gasteiger partial charge is 0.373 e. The van der Waals surface area contributed by atoms with Crippen molar-refractivity contribution in [1.82, 2.24) is 19.7 Å². The van der Waals surface area contributed by atoms with Crippen LogP contribution in [0, 0.1) is 0 Å². The minimum absolute atomic E-state index is 0.951. The van der Waals surface area contributed by atoms with Crippen LogP contribution in [0.4, 0.5) is 5.82 Å². The molecule has 112 valence electrons. The Balaban J connectivity index is 1.76. The molecule has 20 heavy (non-hydrogen) atoms. The molecule has 1 saturated heterocycles. The fourth-order valence-corrected chi connectivity index (χ4v) is 2.45. The van der Waals surface area contributed by atoms with Gasteiger partial charge in [-0.3, -0.25) is 9.80 Å². The summed E-state index contributed by atoms with van der Waals surface area (Å²) >= 11 is 0. The van der Waals surface area contributed by atoms with Crippen LogP contribution in [0.15, 0.2) is 18.2 Å². The lowest BCUT2D eigenvalue weighted by molar-refractivity contribution is 0.119. The predicted octanol–water partition coefficient (Wildman–Crippen LogP) is 0.803. The van der Waals surface area contributed by atoms with Gasteiger partial charge in [0, 0.05) is 52.9 Å². The minimum atomic E-state index is 0.951. The fraction of sp³-hybridized carbons (Fsp3) is 0.667. The maximum Gasteiger partial charge on any atom is 0.126 e. The first-order valence-electron chi connectivity index (χ1n) is 7.40. The molecule has 0 amide bonds.